The Hall–Kier alpha value is -1.90. The van der Waals surface area contributed by atoms with Gasteiger partial charge < -0.3 is 0 Å². The van der Waals surface area contributed by atoms with Gasteiger partial charge in [0.1, 0.15) is 6.29 Å². The predicted octanol–water partition coefficient (Wildman–Crippen LogP) is 2.70. The highest BCUT2D eigenvalue weighted by Gasteiger charge is 2.24. The fourth-order valence-electron chi connectivity index (χ4n) is 1.78. The Labute approximate surface area is 93.7 Å². The van der Waals surface area contributed by atoms with Crippen molar-refractivity contribution in [2.75, 3.05) is 0 Å². The fourth-order valence-corrected chi connectivity index (χ4v) is 1.78. The van der Waals surface area contributed by atoms with Crippen LogP contribution in [0.2, 0.25) is 0 Å². The number of hydrogen-bond donors (Lipinski definition) is 0. The summed E-state index contributed by atoms with van der Waals surface area (Å²) in [4.78, 5) is 10.5. The van der Waals surface area contributed by atoms with Crippen LogP contribution in [0.1, 0.15) is 29.2 Å². The Kier molecular flexibility index (Phi) is 2.10. The van der Waals surface area contributed by atoms with Crippen molar-refractivity contribution >= 4 is 6.29 Å². The average molecular weight is 212 g/mol. The van der Waals surface area contributed by atoms with Gasteiger partial charge in [-0.2, -0.15) is 5.10 Å². The van der Waals surface area contributed by atoms with Gasteiger partial charge in [0.15, 0.2) is 0 Å². The monoisotopic (exact) mass is 212 g/mol. The Morgan fingerprint density at radius 3 is 2.56 bits per heavy atom. The van der Waals surface area contributed by atoms with E-state index in [0.717, 1.165) is 17.4 Å². The van der Waals surface area contributed by atoms with Crippen LogP contribution in [0.25, 0.3) is 11.1 Å². The van der Waals surface area contributed by atoms with Crippen molar-refractivity contribution in [3.05, 3.63) is 42.2 Å². The molecule has 3 heteroatoms. The first-order valence-electron chi connectivity index (χ1n) is 5.46. The quantitative estimate of drug-likeness (QED) is 0.733. The third-order valence-electron chi connectivity index (χ3n) is 2.90. The van der Waals surface area contributed by atoms with E-state index in [1.165, 1.54) is 12.8 Å². The summed E-state index contributed by atoms with van der Waals surface area (Å²) in [5.41, 5.74) is 2.93. The van der Waals surface area contributed by atoms with E-state index < -0.39 is 0 Å². The molecule has 3 nitrogen and oxygen atoms in total. The minimum atomic E-state index is 0.614. The van der Waals surface area contributed by atoms with E-state index in [-0.39, 0.29) is 0 Å². The average Bonchev–Trinajstić information content (AvgIpc) is 3.08. The number of rotatable bonds is 3. The van der Waals surface area contributed by atoms with Gasteiger partial charge in [0.2, 0.25) is 0 Å². The first-order valence-corrected chi connectivity index (χ1v) is 5.46. The molecule has 1 saturated carbocycles. The summed E-state index contributed by atoms with van der Waals surface area (Å²) >= 11 is 0. The molecule has 1 aliphatic carbocycles. The van der Waals surface area contributed by atoms with Crippen LogP contribution >= 0.6 is 0 Å². The summed E-state index contributed by atoms with van der Waals surface area (Å²) in [6.07, 6.45) is 7.30. The van der Waals surface area contributed by atoms with Crippen molar-refractivity contribution in [1.29, 1.82) is 0 Å². The third kappa shape index (κ3) is 1.65. The van der Waals surface area contributed by atoms with E-state index in [0.29, 0.717) is 11.6 Å². The topological polar surface area (TPSA) is 34.9 Å². The van der Waals surface area contributed by atoms with Gasteiger partial charge >= 0.3 is 0 Å². The molecule has 0 unspecified atom stereocenters. The number of carbonyl (C=O) groups is 1. The molecule has 80 valence electrons. The van der Waals surface area contributed by atoms with E-state index in [4.69, 9.17) is 0 Å². The Morgan fingerprint density at radius 1 is 1.19 bits per heavy atom. The summed E-state index contributed by atoms with van der Waals surface area (Å²) in [6, 6.07) is 8.19. The van der Waals surface area contributed by atoms with Crippen LogP contribution in [0, 0.1) is 0 Å². The fraction of sp³-hybridized carbons (Fsp3) is 0.231. The number of nitrogens with zero attached hydrogens (tertiary/aromatic N) is 2. The van der Waals surface area contributed by atoms with Crippen LogP contribution in [0.3, 0.4) is 0 Å². The van der Waals surface area contributed by atoms with Crippen LogP contribution in [0.15, 0.2) is 36.7 Å². The molecule has 2 aromatic rings. The van der Waals surface area contributed by atoms with Crippen molar-refractivity contribution in [2.45, 2.75) is 18.9 Å². The first kappa shape index (κ1) is 9.33. The molecule has 0 N–H and O–H groups in total. The molecular formula is C13H12N2O. The molecule has 1 aromatic carbocycles. The van der Waals surface area contributed by atoms with E-state index in [1.54, 1.807) is 0 Å². The lowest BCUT2D eigenvalue weighted by Gasteiger charge is -1.97. The van der Waals surface area contributed by atoms with E-state index >= 15 is 0 Å². The highest BCUT2D eigenvalue weighted by atomic mass is 16.1. The largest absolute Gasteiger partial charge is 0.298 e. The molecule has 1 aliphatic rings. The van der Waals surface area contributed by atoms with Crippen LogP contribution < -0.4 is 0 Å². The van der Waals surface area contributed by atoms with Crippen molar-refractivity contribution in [3.63, 3.8) is 0 Å². The third-order valence-corrected chi connectivity index (χ3v) is 2.90. The number of hydrogen-bond acceptors (Lipinski definition) is 2. The van der Waals surface area contributed by atoms with E-state index in [2.05, 4.69) is 11.3 Å². The lowest BCUT2D eigenvalue weighted by molar-refractivity contribution is 0.112. The second kappa shape index (κ2) is 3.59. The molecule has 0 aliphatic heterocycles. The zero-order valence-corrected chi connectivity index (χ0v) is 8.84. The van der Waals surface area contributed by atoms with Gasteiger partial charge in [-0.15, -0.1) is 0 Å². The standard InChI is InChI=1S/C13H12N2O/c16-9-10-1-3-11(4-2-10)12-7-14-15(8-12)13-5-6-13/h1-4,7-9,13H,5-6H2. The van der Waals surface area contributed by atoms with Crippen molar-refractivity contribution in [3.8, 4) is 11.1 Å². The number of carbonyl (C=O) groups excluding carboxylic acids is 1. The SMILES string of the molecule is O=Cc1ccc(-c2cnn(C3CC3)c2)cc1. The summed E-state index contributed by atoms with van der Waals surface area (Å²) in [6.45, 7) is 0. The van der Waals surface area contributed by atoms with Crippen LogP contribution in [-0.2, 0) is 0 Å². The first-order chi connectivity index (χ1) is 7.86. The predicted molar refractivity (Wildman–Crippen MR) is 61.3 cm³/mol. The van der Waals surface area contributed by atoms with Gasteiger partial charge in [0.25, 0.3) is 0 Å². The van der Waals surface area contributed by atoms with Crippen LogP contribution in [0.4, 0.5) is 0 Å². The summed E-state index contributed by atoms with van der Waals surface area (Å²) in [5, 5.41) is 4.34. The molecule has 16 heavy (non-hydrogen) atoms. The molecule has 0 bridgehead atoms. The summed E-state index contributed by atoms with van der Waals surface area (Å²) < 4.78 is 2.03. The van der Waals surface area contributed by atoms with Crippen molar-refractivity contribution in [2.24, 2.45) is 0 Å². The minimum absolute atomic E-state index is 0.614. The molecular weight excluding hydrogens is 200 g/mol. The van der Waals surface area contributed by atoms with Gasteiger partial charge in [0, 0.05) is 17.3 Å². The summed E-state index contributed by atoms with van der Waals surface area (Å²) in [7, 11) is 0. The van der Waals surface area contributed by atoms with E-state index in [1.807, 2.05) is 35.1 Å². The molecule has 0 atom stereocenters. The normalized spacial score (nSPS) is 15.0. The second-order valence-corrected chi connectivity index (χ2v) is 4.18. The molecule has 1 heterocycles. The van der Waals surface area contributed by atoms with Gasteiger partial charge in [-0.1, -0.05) is 24.3 Å². The molecule has 0 amide bonds. The number of aromatic nitrogens is 2. The summed E-state index contributed by atoms with van der Waals surface area (Å²) in [5.74, 6) is 0. The molecule has 1 aromatic heterocycles. The van der Waals surface area contributed by atoms with Crippen molar-refractivity contribution < 1.29 is 4.79 Å². The van der Waals surface area contributed by atoms with Gasteiger partial charge in [0.05, 0.1) is 12.2 Å². The molecule has 1 fully saturated rings. The maximum atomic E-state index is 10.5. The molecule has 0 radical (unpaired) electrons. The highest BCUT2D eigenvalue weighted by molar-refractivity contribution is 5.76. The van der Waals surface area contributed by atoms with Crippen LogP contribution in [0.5, 0.6) is 0 Å². The molecule has 3 rings (SSSR count). The van der Waals surface area contributed by atoms with Crippen LogP contribution in [-0.4, -0.2) is 16.1 Å². The van der Waals surface area contributed by atoms with Gasteiger partial charge in [-0.3, -0.25) is 9.48 Å². The Balaban J connectivity index is 1.91. The Bertz CT molecular complexity index is 509. The lowest BCUT2D eigenvalue weighted by Crippen LogP contribution is -1.91. The zero-order valence-electron chi connectivity index (χ0n) is 8.84. The maximum Gasteiger partial charge on any atom is 0.150 e. The second-order valence-electron chi connectivity index (χ2n) is 4.18. The number of benzene rings is 1. The molecule has 0 spiro atoms. The molecule has 0 saturated heterocycles. The van der Waals surface area contributed by atoms with Crippen molar-refractivity contribution in [1.82, 2.24) is 9.78 Å². The smallest absolute Gasteiger partial charge is 0.150 e. The Morgan fingerprint density at radius 2 is 1.94 bits per heavy atom. The number of aldehydes is 1. The van der Waals surface area contributed by atoms with Gasteiger partial charge in [-0.25, -0.2) is 0 Å². The highest BCUT2D eigenvalue weighted by Crippen LogP contribution is 2.35. The zero-order chi connectivity index (χ0) is 11.0. The lowest BCUT2D eigenvalue weighted by atomic mass is 10.1. The minimum Gasteiger partial charge on any atom is -0.298 e. The van der Waals surface area contributed by atoms with Gasteiger partial charge in [-0.05, 0) is 18.4 Å². The van der Waals surface area contributed by atoms with E-state index in [9.17, 15) is 4.79 Å². The maximum absolute atomic E-state index is 10.5.